The maximum Gasteiger partial charge on any atom is 0.306 e. The molecule has 0 bridgehead atoms. The number of carbonyl (C=O) groups excluding carboxylic acids is 2. The minimum atomic E-state index is -0.316. The van der Waals surface area contributed by atoms with Crippen molar-refractivity contribution in [3.63, 3.8) is 0 Å². The predicted octanol–water partition coefficient (Wildman–Crippen LogP) is 2.48. The molecule has 5 heteroatoms. The van der Waals surface area contributed by atoms with Crippen LogP contribution in [-0.4, -0.2) is 29.5 Å². The number of amides is 1. The van der Waals surface area contributed by atoms with E-state index in [-0.39, 0.29) is 30.8 Å². The molecule has 1 aliphatic carbocycles. The van der Waals surface area contributed by atoms with E-state index in [0.717, 1.165) is 24.8 Å². The average Bonchev–Trinajstić information content (AvgIpc) is 2.91. The summed E-state index contributed by atoms with van der Waals surface area (Å²) in [5, 5.41) is 4.32. The van der Waals surface area contributed by atoms with Crippen LogP contribution in [0.15, 0.2) is 24.3 Å². The highest BCUT2D eigenvalue weighted by Crippen LogP contribution is 2.29. The van der Waals surface area contributed by atoms with E-state index in [1.165, 1.54) is 16.6 Å². The number of aryl methyl sites for hydroxylation is 1. The van der Waals surface area contributed by atoms with Gasteiger partial charge in [0.05, 0.1) is 13.0 Å². The van der Waals surface area contributed by atoms with Gasteiger partial charge in [-0.25, -0.2) is 0 Å². The summed E-state index contributed by atoms with van der Waals surface area (Å²) in [4.78, 5) is 26.7. The number of hydrogen-bond donors (Lipinski definition) is 2. The van der Waals surface area contributed by atoms with Crippen molar-refractivity contribution < 1.29 is 14.3 Å². The van der Waals surface area contributed by atoms with Gasteiger partial charge in [-0.15, -0.1) is 0 Å². The number of nitrogens with one attached hydrogen (secondary N) is 2. The van der Waals surface area contributed by atoms with Crippen LogP contribution < -0.4 is 5.32 Å². The Morgan fingerprint density at radius 1 is 1.30 bits per heavy atom. The van der Waals surface area contributed by atoms with Crippen LogP contribution in [0.4, 0.5) is 0 Å². The fourth-order valence-electron chi connectivity index (χ4n) is 3.25. The second-order valence-electron chi connectivity index (χ2n) is 5.94. The molecule has 1 amide bonds. The Hall–Kier alpha value is -2.30. The summed E-state index contributed by atoms with van der Waals surface area (Å²) in [6.45, 7) is 2.12. The molecule has 5 nitrogen and oxygen atoms in total. The van der Waals surface area contributed by atoms with Crippen molar-refractivity contribution >= 4 is 22.8 Å². The monoisotopic (exact) mass is 314 g/mol. The number of rotatable bonds is 5. The molecule has 0 saturated carbocycles. The summed E-state index contributed by atoms with van der Waals surface area (Å²) >= 11 is 0. The predicted molar refractivity (Wildman–Crippen MR) is 88.1 cm³/mol. The molecule has 3 rings (SSSR count). The van der Waals surface area contributed by atoms with Crippen LogP contribution >= 0.6 is 0 Å². The van der Waals surface area contributed by atoms with E-state index in [0.29, 0.717) is 6.61 Å². The minimum Gasteiger partial charge on any atom is -0.466 e. The summed E-state index contributed by atoms with van der Waals surface area (Å²) in [6, 6.07) is 8.44. The summed E-state index contributed by atoms with van der Waals surface area (Å²) in [5.41, 5.74) is 3.75. The molecule has 1 aromatic heterocycles. The molecule has 0 saturated heterocycles. The zero-order valence-electron chi connectivity index (χ0n) is 13.4. The van der Waals surface area contributed by atoms with E-state index in [4.69, 9.17) is 4.74 Å². The van der Waals surface area contributed by atoms with Gasteiger partial charge in [0.15, 0.2) is 0 Å². The summed E-state index contributed by atoms with van der Waals surface area (Å²) in [5.74, 6) is -0.396. The maximum atomic E-state index is 12.0. The first-order chi connectivity index (χ1) is 11.2. The van der Waals surface area contributed by atoms with Crippen molar-refractivity contribution in [2.45, 2.75) is 45.1 Å². The molecule has 23 heavy (non-hydrogen) atoms. The summed E-state index contributed by atoms with van der Waals surface area (Å²) in [6.07, 6.45) is 3.04. The fraction of sp³-hybridized carbons (Fsp3) is 0.444. The highest BCUT2D eigenvalue weighted by molar-refractivity contribution is 5.85. The first kappa shape index (κ1) is 15.6. The van der Waals surface area contributed by atoms with Crippen molar-refractivity contribution in [2.24, 2.45) is 0 Å². The van der Waals surface area contributed by atoms with Gasteiger partial charge < -0.3 is 15.0 Å². The smallest absolute Gasteiger partial charge is 0.306 e. The van der Waals surface area contributed by atoms with E-state index in [9.17, 15) is 9.59 Å². The fourth-order valence-corrected chi connectivity index (χ4v) is 3.25. The summed E-state index contributed by atoms with van der Waals surface area (Å²) in [7, 11) is 0. The molecule has 1 atom stereocenters. The Bertz CT molecular complexity index is 720. The number of aromatic amines is 1. The third kappa shape index (κ3) is 3.55. The molecular weight excluding hydrogens is 292 g/mol. The SMILES string of the molecule is CCOC(=O)CCC(=O)NC1CCc2c([nH]c3ccccc23)C1. The lowest BCUT2D eigenvalue weighted by atomic mass is 9.91. The second kappa shape index (κ2) is 6.86. The van der Waals surface area contributed by atoms with Gasteiger partial charge in [-0.2, -0.15) is 0 Å². The van der Waals surface area contributed by atoms with Gasteiger partial charge in [0.25, 0.3) is 0 Å². The second-order valence-corrected chi connectivity index (χ2v) is 5.94. The Kier molecular flexibility index (Phi) is 4.65. The van der Waals surface area contributed by atoms with Gasteiger partial charge in [0.1, 0.15) is 0 Å². The van der Waals surface area contributed by atoms with Gasteiger partial charge in [0, 0.05) is 35.5 Å². The van der Waals surface area contributed by atoms with Crippen molar-refractivity contribution in [3.8, 4) is 0 Å². The van der Waals surface area contributed by atoms with Crippen molar-refractivity contribution in [3.05, 3.63) is 35.5 Å². The molecule has 2 aromatic rings. The topological polar surface area (TPSA) is 71.2 Å². The molecular formula is C18H22N2O3. The quantitative estimate of drug-likeness (QED) is 0.833. The Morgan fingerprint density at radius 3 is 2.96 bits per heavy atom. The molecule has 1 aliphatic rings. The van der Waals surface area contributed by atoms with Gasteiger partial charge >= 0.3 is 5.97 Å². The largest absolute Gasteiger partial charge is 0.466 e. The van der Waals surface area contributed by atoms with E-state index in [1.54, 1.807) is 6.92 Å². The Labute approximate surface area is 135 Å². The van der Waals surface area contributed by atoms with E-state index in [1.807, 2.05) is 6.07 Å². The number of para-hydroxylation sites is 1. The Balaban J connectivity index is 1.57. The van der Waals surface area contributed by atoms with Gasteiger partial charge in [-0.05, 0) is 31.4 Å². The summed E-state index contributed by atoms with van der Waals surface area (Å²) < 4.78 is 4.84. The average molecular weight is 314 g/mol. The number of carbonyl (C=O) groups is 2. The lowest BCUT2D eigenvalue weighted by molar-refractivity contribution is -0.144. The Morgan fingerprint density at radius 2 is 2.13 bits per heavy atom. The molecule has 1 unspecified atom stereocenters. The lowest BCUT2D eigenvalue weighted by Gasteiger charge is -2.23. The zero-order chi connectivity index (χ0) is 16.2. The number of ether oxygens (including phenoxy) is 1. The van der Waals surface area contributed by atoms with E-state index in [2.05, 4.69) is 28.5 Å². The van der Waals surface area contributed by atoms with Crippen LogP contribution in [0.2, 0.25) is 0 Å². The van der Waals surface area contributed by atoms with E-state index < -0.39 is 0 Å². The number of esters is 1. The number of benzene rings is 1. The molecule has 0 fully saturated rings. The van der Waals surface area contributed by atoms with Crippen LogP contribution in [0, 0.1) is 0 Å². The normalized spacial score (nSPS) is 16.8. The maximum absolute atomic E-state index is 12.0. The molecule has 1 aromatic carbocycles. The molecule has 0 radical (unpaired) electrons. The lowest BCUT2D eigenvalue weighted by Crippen LogP contribution is -2.38. The van der Waals surface area contributed by atoms with Gasteiger partial charge in [-0.3, -0.25) is 9.59 Å². The number of hydrogen-bond acceptors (Lipinski definition) is 3. The number of fused-ring (bicyclic) bond motifs is 3. The third-order valence-corrected chi connectivity index (χ3v) is 4.32. The van der Waals surface area contributed by atoms with Crippen LogP contribution in [0.1, 0.15) is 37.4 Å². The van der Waals surface area contributed by atoms with Crippen LogP contribution in [0.3, 0.4) is 0 Å². The van der Waals surface area contributed by atoms with Crippen LogP contribution in [0.25, 0.3) is 10.9 Å². The van der Waals surface area contributed by atoms with Gasteiger partial charge in [-0.1, -0.05) is 18.2 Å². The van der Waals surface area contributed by atoms with Crippen LogP contribution in [-0.2, 0) is 27.2 Å². The first-order valence-corrected chi connectivity index (χ1v) is 8.20. The van der Waals surface area contributed by atoms with E-state index >= 15 is 0 Å². The zero-order valence-corrected chi connectivity index (χ0v) is 13.4. The molecule has 122 valence electrons. The van der Waals surface area contributed by atoms with Crippen molar-refractivity contribution in [1.29, 1.82) is 0 Å². The highest BCUT2D eigenvalue weighted by Gasteiger charge is 2.23. The van der Waals surface area contributed by atoms with Crippen molar-refractivity contribution in [1.82, 2.24) is 10.3 Å². The molecule has 0 aliphatic heterocycles. The number of H-pyrrole nitrogens is 1. The number of aromatic nitrogens is 1. The highest BCUT2D eigenvalue weighted by atomic mass is 16.5. The molecule has 1 heterocycles. The molecule has 2 N–H and O–H groups in total. The van der Waals surface area contributed by atoms with Crippen LogP contribution in [0.5, 0.6) is 0 Å². The third-order valence-electron chi connectivity index (χ3n) is 4.32. The molecule has 0 spiro atoms. The van der Waals surface area contributed by atoms with Crippen molar-refractivity contribution in [2.75, 3.05) is 6.61 Å². The van der Waals surface area contributed by atoms with Gasteiger partial charge in [0.2, 0.25) is 5.91 Å². The minimum absolute atomic E-state index is 0.0809. The first-order valence-electron chi connectivity index (χ1n) is 8.20. The standard InChI is InChI=1S/C18H22N2O3/c1-2-23-18(22)10-9-17(21)19-12-7-8-14-13-5-3-4-6-15(13)20-16(14)11-12/h3-6,12,20H,2,7-11H2,1H3,(H,19,21).